The first kappa shape index (κ1) is 10.9. The average Bonchev–Trinajstić information content (AvgIpc) is 2.66. The van der Waals surface area contributed by atoms with Gasteiger partial charge in [-0.3, -0.25) is 0 Å². The molecular weight excluding hydrogens is 220 g/mol. The number of carboxylic acid groups (broad SMARTS) is 1. The molecule has 1 N–H and O–H groups in total. The number of aryl methyl sites for hydroxylation is 2. The molecule has 1 aromatic carbocycles. The van der Waals surface area contributed by atoms with Crippen LogP contribution in [0.5, 0.6) is 0 Å². The van der Waals surface area contributed by atoms with E-state index in [0.717, 1.165) is 10.4 Å². The van der Waals surface area contributed by atoms with Gasteiger partial charge in [-0.15, -0.1) is 11.3 Å². The average molecular weight is 232 g/mol. The van der Waals surface area contributed by atoms with Crippen LogP contribution < -0.4 is 0 Å². The number of benzene rings is 1. The van der Waals surface area contributed by atoms with Gasteiger partial charge in [0.05, 0.1) is 0 Å². The molecule has 0 aliphatic rings. The zero-order valence-corrected chi connectivity index (χ0v) is 9.97. The molecule has 82 valence electrons. The molecule has 0 radical (unpaired) electrons. The maximum absolute atomic E-state index is 10.8. The van der Waals surface area contributed by atoms with Crippen LogP contribution in [0.4, 0.5) is 0 Å². The van der Waals surface area contributed by atoms with Gasteiger partial charge in [0.25, 0.3) is 0 Å². The fraction of sp³-hybridized carbons (Fsp3) is 0.154. The molecule has 2 aromatic rings. The third-order valence-electron chi connectivity index (χ3n) is 2.54. The largest absolute Gasteiger partial charge is 0.477 e. The first-order valence-corrected chi connectivity index (χ1v) is 5.81. The van der Waals surface area contributed by atoms with E-state index in [-0.39, 0.29) is 0 Å². The molecule has 3 heteroatoms. The highest BCUT2D eigenvalue weighted by molar-refractivity contribution is 7.17. The molecule has 0 fully saturated rings. The highest BCUT2D eigenvalue weighted by atomic mass is 32.1. The van der Waals surface area contributed by atoms with Crippen molar-refractivity contribution in [1.29, 1.82) is 0 Å². The van der Waals surface area contributed by atoms with E-state index in [1.165, 1.54) is 22.5 Å². The zero-order valence-electron chi connectivity index (χ0n) is 9.15. The fourth-order valence-corrected chi connectivity index (χ4v) is 2.81. The van der Waals surface area contributed by atoms with Gasteiger partial charge in [-0.2, -0.15) is 0 Å². The first-order chi connectivity index (χ1) is 7.59. The van der Waals surface area contributed by atoms with Gasteiger partial charge in [-0.25, -0.2) is 4.79 Å². The summed E-state index contributed by atoms with van der Waals surface area (Å²) in [5.41, 5.74) is 3.51. The molecule has 2 nitrogen and oxygen atoms in total. The number of carboxylic acids is 1. The van der Waals surface area contributed by atoms with Crippen LogP contribution in [0, 0.1) is 13.8 Å². The van der Waals surface area contributed by atoms with Crippen molar-refractivity contribution < 1.29 is 9.90 Å². The summed E-state index contributed by atoms with van der Waals surface area (Å²) in [6, 6.07) is 9.64. The summed E-state index contributed by atoms with van der Waals surface area (Å²) in [7, 11) is 0. The van der Waals surface area contributed by atoms with Crippen LogP contribution in [0.15, 0.2) is 30.3 Å². The fourth-order valence-electron chi connectivity index (χ4n) is 1.79. The standard InChI is InChI=1S/C13H12O2S/c1-8-4-3-5-9(2)12(8)10-6-7-11(16-10)13(14)15/h3-7H,1-2H3,(H,14,15). The Hall–Kier alpha value is -1.61. The maximum Gasteiger partial charge on any atom is 0.345 e. The second kappa shape index (κ2) is 4.10. The van der Waals surface area contributed by atoms with Crippen molar-refractivity contribution in [3.05, 3.63) is 46.3 Å². The Kier molecular flexibility index (Phi) is 2.79. The van der Waals surface area contributed by atoms with Gasteiger partial charge < -0.3 is 5.11 Å². The SMILES string of the molecule is Cc1cccc(C)c1-c1ccc(C(=O)O)s1. The number of thiophene rings is 1. The van der Waals surface area contributed by atoms with Crippen molar-refractivity contribution in [3.8, 4) is 10.4 Å². The van der Waals surface area contributed by atoms with Gasteiger partial charge in [-0.1, -0.05) is 18.2 Å². The predicted molar refractivity (Wildman–Crippen MR) is 66.2 cm³/mol. The molecule has 0 bridgehead atoms. The van der Waals surface area contributed by atoms with Gasteiger partial charge in [0.1, 0.15) is 4.88 Å². The Balaban J connectivity index is 2.54. The minimum atomic E-state index is -0.859. The van der Waals surface area contributed by atoms with Gasteiger partial charge in [0.2, 0.25) is 0 Å². The van der Waals surface area contributed by atoms with E-state index >= 15 is 0 Å². The lowest BCUT2D eigenvalue weighted by Gasteiger charge is -2.06. The lowest BCUT2D eigenvalue weighted by atomic mass is 10.0. The molecule has 0 saturated heterocycles. The van der Waals surface area contributed by atoms with Crippen molar-refractivity contribution in [2.45, 2.75) is 13.8 Å². The number of hydrogen-bond donors (Lipinski definition) is 1. The molecule has 0 amide bonds. The topological polar surface area (TPSA) is 37.3 Å². The summed E-state index contributed by atoms with van der Waals surface area (Å²) < 4.78 is 0. The summed E-state index contributed by atoms with van der Waals surface area (Å²) in [6.45, 7) is 4.09. The Labute approximate surface area is 98.2 Å². The van der Waals surface area contributed by atoms with Gasteiger partial charge in [0.15, 0.2) is 0 Å². The van der Waals surface area contributed by atoms with Gasteiger partial charge >= 0.3 is 5.97 Å². The monoisotopic (exact) mass is 232 g/mol. The number of carbonyl (C=O) groups is 1. The molecule has 0 atom stereocenters. The minimum Gasteiger partial charge on any atom is -0.477 e. The molecule has 0 saturated carbocycles. The van der Waals surface area contributed by atoms with Crippen molar-refractivity contribution >= 4 is 17.3 Å². The van der Waals surface area contributed by atoms with Crippen LogP contribution in [0.25, 0.3) is 10.4 Å². The van der Waals surface area contributed by atoms with Gasteiger partial charge in [0, 0.05) is 4.88 Å². The second-order valence-electron chi connectivity index (χ2n) is 3.74. The van der Waals surface area contributed by atoms with E-state index in [2.05, 4.69) is 0 Å². The predicted octanol–water partition coefficient (Wildman–Crippen LogP) is 3.73. The Morgan fingerprint density at radius 3 is 2.25 bits per heavy atom. The van der Waals surface area contributed by atoms with Crippen LogP contribution in [-0.2, 0) is 0 Å². The van der Waals surface area contributed by atoms with Crippen LogP contribution in [0.2, 0.25) is 0 Å². The van der Waals surface area contributed by atoms with Crippen LogP contribution in [0.3, 0.4) is 0 Å². The Morgan fingerprint density at radius 1 is 1.12 bits per heavy atom. The summed E-state index contributed by atoms with van der Waals surface area (Å²) >= 11 is 1.32. The summed E-state index contributed by atoms with van der Waals surface area (Å²) in [5.74, 6) is -0.859. The number of rotatable bonds is 2. The third kappa shape index (κ3) is 1.86. The number of hydrogen-bond acceptors (Lipinski definition) is 2. The van der Waals surface area contributed by atoms with E-state index < -0.39 is 5.97 Å². The summed E-state index contributed by atoms with van der Waals surface area (Å²) in [4.78, 5) is 12.2. The highest BCUT2D eigenvalue weighted by Gasteiger charge is 2.11. The maximum atomic E-state index is 10.8. The zero-order chi connectivity index (χ0) is 11.7. The molecule has 1 aromatic heterocycles. The Morgan fingerprint density at radius 2 is 1.75 bits per heavy atom. The molecule has 0 unspecified atom stereocenters. The van der Waals surface area contributed by atoms with Crippen molar-refractivity contribution in [3.63, 3.8) is 0 Å². The third-order valence-corrected chi connectivity index (χ3v) is 3.64. The second-order valence-corrected chi connectivity index (χ2v) is 4.82. The van der Waals surface area contributed by atoms with Crippen LogP contribution in [0.1, 0.15) is 20.8 Å². The molecule has 2 rings (SSSR count). The normalized spacial score (nSPS) is 10.4. The molecule has 0 aliphatic heterocycles. The molecule has 0 spiro atoms. The van der Waals surface area contributed by atoms with Crippen molar-refractivity contribution in [2.75, 3.05) is 0 Å². The minimum absolute atomic E-state index is 0.387. The highest BCUT2D eigenvalue weighted by Crippen LogP contribution is 2.32. The molecular formula is C13H12O2S. The summed E-state index contributed by atoms with van der Waals surface area (Å²) in [6.07, 6.45) is 0. The van der Waals surface area contributed by atoms with Crippen LogP contribution >= 0.6 is 11.3 Å². The van der Waals surface area contributed by atoms with E-state index in [4.69, 9.17) is 5.11 Å². The lowest BCUT2D eigenvalue weighted by molar-refractivity contribution is 0.0702. The quantitative estimate of drug-likeness (QED) is 0.856. The molecule has 0 aliphatic carbocycles. The summed E-state index contributed by atoms with van der Waals surface area (Å²) in [5, 5.41) is 8.89. The van der Waals surface area contributed by atoms with Crippen molar-refractivity contribution in [1.82, 2.24) is 0 Å². The van der Waals surface area contributed by atoms with Gasteiger partial charge in [-0.05, 0) is 42.7 Å². The van der Waals surface area contributed by atoms with E-state index in [1.807, 2.05) is 38.1 Å². The number of aromatic carboxylic acids is 1. The van der Waals surface area contributed by atoms with E-state index in [1.54, 1.807) is 6.07 Å². The molecule has 16 heavy (non-hydrogen) atoms. The van der Waals surface area contributed by atoms with E-state index in [0.29, 0.717) is 4.88 Å². The Bertz CT molecular complexity index is 520. The van der Waals surface area contributed by atoms with E-state index in [9.17, 15) is 4.79 Å². The lowest BCUT2D eigenvalue weighted by Crippen LogP contribution is -1.89. The van der Waals surface area contributed by atoms with Crippen molar-refractivity contribution in [2.24, 2.45) is 0 Å². The van der Waals surface area contributed by atoms with Crippen LogP contribution in [-0.4, -0.2) is 11.1 Å². The molecule has 1 heterocycles. The smallest absolute Gasteiger partial charge is 0.345 e. The first-order valence-electron chi connectivity index (χ1n) is 4.99.